The summed E-state index contributed by atoms with van der Waals surface area (Å²) < 4.78 is 21.4. The summed E-state index contributed by atoms with van der Waals surface area (Å²) in [5.74, 6) is 0.222. The SMILES string of the molecule is COC(=O)C1=CN(Cc2ccc(OC)cc2)C=C(C(=O)OC)C1c1cccc(Oc2ccccc2)c1. The van der Waals surface area contributed by atoms with Crippen LogP contribution in [0, 0.1) is 0 Å². The van der Waals surface area contributed by atoms with Gasteiger partial charge in [0.1, 0.15) is 17.2 Å². The van der Waals surface area contributed by atoms with Gasteiger partial charge in [-0.15, -0.1) is 0 Å². The lowest BCUT2D eigenvalue weighted by atomic mass is 9.83. The van der Waals surface area contributed by atoms with Gasteiger partial charge in [-0.25, -0.2) is 9.59 Å². The third kappa shape index (κ3) is 5.58. The summed E-state index contributed by atoms with van der Waals surface area (Å²) in [7, 11) is 4.24. The molecule has 0 bridgehead atoms. The first-order chi connectivity index (χ1) is 17.5. The predicted molar refractivity (Wildman–Crippen MR) is 134 cm³/mol. The molecule has 0 aromatic heterocycles. The molecule has 7 heteroatoms. The first kappa shape index (κ1) is 24.6. The minimum atomic E-state index is -0.698. The summed E-state index contributed by atoms with van der Waals surface area (Å²) in [5.41, 5.74) is 2.28. The lowest BCUT2D eigenvalue weighted by molar-refractivity contribution is -0.137. The average Bonchev–Trinajstić information content (AvgIpc) is 2.92. The normalized spacial score (nSPS) is 13.4. The first-order valence-electron chi connectivity index (χ1n) is 11.3. The molecule has 184 valence electrons. The van der Waals surface area contributed by atoms with Crippen molar-refractivity contribution in [1.29, 1.82) is 0 Å². The Bertz CT molecular complexity index is 1250. The molecule has 7 nitrogen and oxygen atoms in total. The van der Waals surface area contributed by atoms with Crippen LogP contribution in [0.25, 0.3) is 0 Å². The molecule has 4 rings (SSSR count). The third-order valence-corrected chi connectivity index (χ3v) is 5.77. The van der Waals surface area contributed by atoms with E-state index in [4.69, 9.17) is 18.9 Å². The molecule has 3 aromatic rings. The van der Waals surface area contributed by atoms with Crippen LogP contribution in [0.3, 0.4) is 0 Å². The van der Waals surface area contributed by atoms with Gasteiger partial charge in [-0.05, 0) is 47.5 Å². The Kier molecular flexibility index (Phi) is 7.70. The Labute approximate surface area is 210 Å². The average molecular weight is 486 g/mol. The van der Waals surface area contributed by atoms with Crippen molar-refractivity contribution in [2.75, 3.05) is 21.3 Å². The minimum Gasteiger partial charge on any atom is -0.497 e. The number of ether oxygens (including phenoxy) is 4. The van der Waals surface area contributed by atoms with Gasteiger partial charge in [0, 0.05) is 18.9 Å². The number of hydrogen-bond donors (Lipinski definition) is 0. The number of esters is 2. The number of carbonyl (C=O) groups excluding carboxylic acids is 2. The van der Waals surface area contributed by atoms with Crippen LogP contribution in [0.4, 0.5) is 0 Å². The molecule has 0 fully saturated rings. The Morgan fingerprint density at radius 1 is 0.722 bits per heavy atom. The predicted octanol–water partition coefficient (Wildman–Crippen LogP) is 5.20. The number of para-hydroxylation sites is 1. The molecule has 1 aliphatic heterocycles. The van der Waals surface area contributed by atoms with Crippen molar-refractivity contribution in [3.05, 3.63) is 114 Å². The monoisotopic (exact) mass is 485 g/mol. The maximum Gasteiger partial charge on any atom is 0.336 e. The van der Waals surface area contributed by atoms with Crippen LogP contribution < -0.4 is 9.47 Å². The second-order valence-electron chi connectivity index (χ2n) is 8.09. The highest BCUT2D eigenvalue weighted by molar-refractivity contribution is 5.98. The van der Waals surface area contributed by atoms with Crippen molar-refractivity contribution in [3.63, 3.8) is 0 Å². The van der Waals surface area contributed by atoms with E-state index in [1.54, 1.807) is 24.4 Å². The van der Waals surface area contributed by atoms with E-state index in [0.29, 0.717) is 34.8 Å². The van der Waals surface area contributed by atoms with Gasteiger partial charge < -0.3 is 23.8 Å². The fourth-order valence-corrected chi connectivity index (χ4v) is 4.06. The Balaban J connectivity index is 1.71. The molecule has 1 heterocycles. The lowest BCUT2D eigenvalue weighted by Gasteiger charge is -2.30. The summed E-state index contributed by atoms with van der Waals surface area (Å²) in [6.45, 7) is 0.425. The van der Waals surface area contributed by atoms with Crippen LogP contribution in [0.1, 0.15) is 17.0 Å². The molecular formula is C29H27NO6. The van der Waals surface area contributed by atoms with Gasteiger partial charge in [0.15, 0.2) is 0 Å². The molecule has 0 spiro atoms. The van der Waals surface area contributed by atoms with E-state index in [-0.39, 0.29) is 0 Å². The summed E-state index contributed by atoms with van der Waals surface area (Å²) in [5, 5.41) is 0. The van der Waals surface area contributed by atoms with E-state index < -0.39 is 17.9 Å². The second-order valence-corrected chi connectivity index (χ2v) is 8.09. The number of benzene rings is 3. The van der Waals surface area contributed by atoms with Gasteiger partial charge in [-0.2, -0.15) is 0 Å². The number of rotatable bonds is 8. The van der Waals surface area contributed by atoms with Gasteiger partial charge in [-0.3, -0.25) is 0 Å². The summed E-state index contributed by atoms with van der Waals surface area (Å²) in [6.07, 6.45) is 3.41. The van der Waals surface area contributed by atoms with Crippen LogP contribution in [0.5, 0.6) is 17.2 Å². The van der Waals surface area contributed by atoms with Crippen LogP contribution in [-0.4, -0.2) is 38.2 Å². The molecule has 0 radical (unpaired) electrons. The van der Waals surface area contributed by atoms with Crippen molar-refractivity contribution >= 4 is 11.9 Å². The molecule has 3 aromatic carbocycles. The molecule has 0 unspecified atom stereocenters. The van der Waals surface area contributed by atoms with Gasteiger partial charge in [0.25, 0.3) is 0 Å². The quantitative estimate of drug-likeness (QED) is 0.406. The molecule has 0 atom stereocenters. The van der Waals surface area contributed by atoms with E-state index in [2.05, 4.69) is 0 Å². The largest absolute Gasteiger partial charge is 0.497 e. The fourth-order valence-electron chi connectivity index (χ4n) is 4.06. The molecule has 0 N–H and O–H groups in total. The number of methoxy groups -OCH3 is 3. The highest BCUT2D eigenvalue weighted by Gasteiger charge is 2.35. The standard InChI is InChI=1S/C29H27NO6/c1-33-22-14-12-20(13-15-22)17-30-18-25(28(31)34-2)27(26(19-30)29(32)35-3)21-8-7-11-24(16-21)36-23-9-5-4-6-10-23/h4-16,18-19,27H,17H2,1-3H3. The minimum absolute atomic E-state index is 0.311. The van der Waals surface area contributed by atoms with E-state index >= 15 is 0 Å². The highest BCUT2D eigenvalue weighted by Crippen LogP contribution is 2.39. The molecule has 0 aliphatic carbocycles. The highest BCUT2D eigenvalue weighted by atomic mass is 16.5. The third-order valence-electron chi connectivity index (χ3n) is 5.77. The Morgan fingerprint density at radius 2 is 1.33 bits per heavy atom. The van der Waals surface area contributed by atoms with Crippen molar-refractivity contribution in [1.82, 2.24) is 4.90 Å². The zero-order valence-electron chi connectivity index (χ0n) is 20.3. The fraction of sp³-hybridized carbons (Fsp3) is 0.172. The molecule has 0 amide bonds. The topological polar surface area (TPSA) is 74.3 Å². The van der Waals surface area contributed by atoms with E-state index in [0.717, 1.165) is 11.3 Å². The second kappa shape index (κ2) is 11.3. The van der Waals surface area contributed by atoms with E-state index in [1.807, 2.05) is 78.9 Å². The van der Waals surface area contributed by atoms with Gasteiger partial charge in [0.05, 0.1) is 38.4 Å². The van der Waals surface area contributed by atoms with Gasteiger partial charge >= 0.3 is 11.9 Å². The van der Waals surface area contributed by atoms with Crippen molar-refractivity contribution in [2.45, 2.75) is 12.5 Å². The smallest absolute Gasteiger partial charge is 0.336 e. The van der Waals surface area contributed by atoms with E-state index in [9.17, 15) is 9.59 Å². The molecule has 0 saturated carbocycles. The Hall–Kier alpha value is -4.52. The number of nitrogens with zero attached hydrogens (tertiary/aromatic N) is 1. The number of carbonyl (C=O) groups is 2. The molecule has 36 heavy (non-hydrogen) atoms. The van der Waals surface area contributed by atoms with Gasteiger partial charge in [0.2, 0.25) is 0 Å². The zero-order chi connectivity index (χ0) is 25.5. The zero-order valence-corrected chi connectivity index (χ0v) is 20.3. The lowest BCUT2D eigenvalue weighted by Crippen LogP contribution is -2.28. The van der Waals surface area contributed by atoms with Crippen LogP contribution in [0.15, 0.2) is 102 Å². The van der Waals surface area contributed by atoms with Crippen molar-refractivity contribution in [3.8, 4) is 17.2 Å². The maximum atomic E-state index is 12.9. The van der Waals surface area contributed by atoms with Crippen LogP contribution in [0.2, 0.25) is 0 Å². The number of hydrogen-bond acceptors (Lipinski definition) is 7. The summed E-state index contributed by atoms with van der Waals surface area (Å²) in [4.78, 5) is 27.6. The summed E-state index contributed by atoms with van der Waals surface area (Å²) in [6, 6.07) is 24.2. The molecular weight excluding hydrogens is 458 g/mol. The molecule has 0 saturated heterocycles. The first-order valence-corrected chi connectivity index (χ1v) is 11.3. The Morgan fingerprint density at radius 3 is 1.92 bits per heavy atom. The van der Waals surface area contributed by atoms with Crippen molar-refractivity contribution in [2.24, 2.45) is 0 Å². The van der Waals surface area contributed by atoms with E-state index in [1.165, 1.54) is 14.2 Å². The maximum absolute atomic E-state index is 12.9. The van der Waals surface area contributed by atoms with Crippen molar-refractivity contribution < 1.29 is 28.5 Å². The van der Waals surface area contributed by atoms with Gasteiger partial charge in [-0.1, -0.05) is 42.5 Å². The summed E-state index contributed by atoms with van der Waals surface area (Å²) >= 11 is 0. The molecule has 1 aliphatic rings. The van der Waals surface area contributed by atoms with Crippen LogP contribution >= 0.6 is 0 Å². The van der Waals surface area contributed by atoms with Crippen LogP contribution in [-0.2, 0) is 25.6 Å².